The maximum absolute atomic E-state index is 12.1. The standard InChI is InChI=1S/C19H27N3O5/c1-19(2,3)27-18(24)21-11-9-16(10-12-21)22(20-25)13-14-5-7-15(8-6-14)17(23)26-4/h5-8,16H,9-13H2,1-4H3. The Bertz CT molecular complexity index is 661. The summed E-state index contributed by atoms with van der Waals surface area (Å²) in [6.07, 6.45) is 0.959. The van der Waals surface area contributed by atoms with Crippen LogP contribution in [0, 0.1) is 4.91 Å². The Morgan fingerprint density at radius 2 is 1.78 bits per heavy atom. The van der Waals surface area contributed by atoms with E-state index in [0.29, 0.717) is 38.0 Å². The van der Waals surface area contributed by atoms with E-state index < -0.39 is 11.6 Å². The van der Waals surface area contributed by atoms with E-state index in [1.807, 2.05) is 20.8 Å². The Morgan fingerprint density at radius 3 is 2.26 bits per heavy atom. The predicted octanol–water partition coefficient (Wildman–Crippen LogP) is 3.36. The average molecular weight is 377 g/mol. The van der Waals surface area contributed by atoms with Crippen LogP contribution in [0.5, 0.6) is 0 Å². The smallest absolute Gasteiger partial charge is 0.410 e. The van der Waals surface area contributed by atoms with Crippen molar-refractivity contribution < 1.29 is 19.1 Å². The van der Waals surface area contributed by atoms with Gasteiger partial charge in [0.1, 0.15) is 5.60 Å². The Labute approximate surface area is 159 Å². The van der Waals surface area contributed by atoms with E-state index in [1.165, 1.54) is 12.1 Å². The number of amides is 1. The number of esters is 1. The minimum absolute atomic E-state index is 0.0403. The molecule has 8 nitrogen and oxygen atoms in total. The number of benzene rings is 1. The van der Waals surface area contributed by atoms with Gasteiger partial charge in [0.2, 0.25) is 0 Å². The lowest BCUT2D eigenvalue weighted by Gasteiger charge is -2.36. The van der Waals surface area contributed by atoms with Crippen LogP contribution >= 0.6 is 0 Å². The Morgan fingerprint density at radius 1 is 1.19 bits per heavy atom. The van der Waals surface area contributed by atoms with Crippen molar-refractivity contribution in [1.29, 1.82) is 0 Å². The molecule has 1 aromatic rings. The minimum atomic E-state index is -0.527. The summed E-state index contributed by atoms with van der Waals surface area (Å²) in [6.45, 7) is 6.89. The molecular weight excluding hydrogens is 350 g/mol. The highest BCUT2D eigenvalue weighted by Gasteiger charge is 2.29. The van der Waals surface area contributed by atoms with E-state index in [1.54, 1.807) is 29.2 Å². The number of nitrogens with zero attached hydrogens (tertiary/aromatic N) is 3. The van der Waals surface area contributed by atoms with Crippen LogP contribution in [0.15, 0.2) is 29.6 Å². The second-order valence-electron chi connectivity index (χ2n) is 7.57. The zero-order valence-corrected chi connectivity index (χ0v) is 16.3. The first kappa shape index (κ1) is 20.7. The predicted molar refractivity (Wildman–Crippen MR) is 99.9 cm³/mol. The summed E-state index contributed by atoms with van der Waals surface area (Å²) in [6, 6.07) is 6.84. The molecule has 1 fully saturated rings. The fourth-order valence-electron chi connectivity index (χ4n) is 2.95. The van der Waals surface area contributed by atoms with Crippen LogP contribution in [0.4, 0.5) is 4.79 Å². The van der Waals surface area contributed by atoms with Gasteiger partial charge in [-0.05, 0) is 51.3 Å². The van der Waals surface area contributed by atoms with Gasteiger partial charge in [-0.25, -0.2) is 9.59 Å². The number of hydrogen-bond donors (Lipinski definition) is 0. The molecule has 1 heterocycles. The number of rotatable bonds is 5. The topological polar surface area (TPSA) is 88.5 Å². The van der Waals surface area contributed by atoms with Crippen molar-refractivity contribution in [3.63, 3.8) is 0 Å². The lowest BCUT2D eigenvalue weighted by atomic mass is 10.0. The number of piperidine rings is 1. The van der Waals surface area contributed by atoms with Crippen LogP contribution < -0.4 is 0 Å². The maximum atomic E-state index is 12.1. The van der Waals surface area contributed by atoms with Gasteiger partial charge >= 0.3 is 12.1 Å². The quantitative estimate of drug-likeness (QED) is 0.444. The van der Waals surface area contributed by atoms with Gasteiger partial charge in [0, 0.05) is 13.1 Å². The van der Waals surface area contributed by atoms with Gasteiger partial charge in [0.25, 0.3) is 0 Å². The molecule has 0 aliphatic carbocycles. The van der Waals surface area contributed by atoms with Gasteiger partial charge in [0.05, 0.1) is 30.5 Å². The summed E-state index contributed by atoms with van der Waals surface area (Å²) in [5, 5.41) is 4.67. The summed E-state index contributed by atoms with van der Waals surface area (Å²) in [7, 11) is 1.33. The van der Waals surface area contributed by atoms with Gasteiger partial charge < -0.3 is 14.4 Å². The highest BCUT2D eigenvalue weighted by atomic mass is 16.6. The van der Waals surface area contributed by atoms with E-state index in [4.69, 9.17) is 4.74 Å². The van der Waals surface area contributed by atoms with Crippen molar-refractivity contribution in [2.24, 2.45) is 5.29 Å². The molecule has 0 bridgehead atoms. The first-order valence-corrected chi connectivity index (χ1v) is 8.98. The van der Waals surface area contributed by atoms with Crippen LogP contribution in [-0.4, -0.2) is 53.8 Å². The Balaban J connectivity index is 1.91. The van der Waals surface area contributed by atoms with Gasteiger partial charge in [-0.2, -0.15) is 0 Å². The van der Waals surface area contributed by atoms with Crippen LogP contribution in [0.3, 0.4) is 0 Å². The average Bonchev–Trinajstić information content (AvgIpc) is 2.64. The van der Waals surface area contributed by atoms with E-state index in [9.17, 15) is 14.5 Å². The third-order valence-corrected chi connectivity index (χ3v) is 4.36. The third kappa shape index (κ3) is 5.94. The van der Waals surface area contributed by atoms with Crippen LogP contribution in [-0.2, 0) is 16.0 Å². The fraction of sp³-hybridized carbons (Fsp3) is 0.579. The molecule has 0 N–H and O–H groups in total. The fourth-order valence-corrected chi connectivity index (χ4v) is 2.95. The molecule has 0 unspecified atom stereocenters. The minimum Gasteiger partial charge on any atom is -0.465 e. The lowest BCUT2D eigenvalue weighted by molar-refractivity contribution is 0.0137. The molecule has 1 aliphatic rings. The van der Waals surface area contributed by atoms with E-state index in [-0.39, 0.29) is 12.1 Å². The molecule has 0 saturated carbocycles. The number of ether oxygens (including phenoxy) is 2. The van der Waals surface area contributed by atoms with E-state index in [2.05, 4.69) is 10.0 Å². The monoisotopic (exact) mass is 377 g/mol. The molecule has 27 heavy (non-hydrogen) atoms. The normalized spacial score (nSPS) is 15.2. The van der Waals surface area contributed by atoms with Crippen molar-refractivity contribution in [2.75, 3.05) is 20.2 Å². The molecule has 1 saturated heterocycles. The van der Waals surface area contributed by atoms with Gasteiger partial charge in [-0.1, -0.05) is 12.1 Å². The maximum Gasteiger partial charge on any atom is 0.410 e. The second-order valence-corrected chi connectivity index (χ2v) is 7.57. The van der Waals surface area contributed by atoms with Crippen molar-refractivity contribution >= 4 is 12.1 Å². The molecule has 8 heteroatoms. The van der Waals surface area contributed by atoms with Crippen molar-refractivity contribution in [2.45, 2.75) is 51.8 Å². The third-order valence-electron chi connectivity index (χ3n) is 4.36. The van der Waals surface area contributed by atoms with Gasteiger partial charge in [-0.15, -0.1) is 4.91 Å². The lowest BCUT2D eigenvalue weighted by Crippen LogP contribution is -2.46. The van der Waals surface area contributed by atoms with Crippen LogP contribution in [0.2, 0.25) is 0 Å². The van der Waals surface area contributed by atoms with Crippen LogP contribution in [0.25, 0.3) is 0 Å². The van der Waals surface area contributed by atoms with E-state index >= 15 is 0 Å². The summed E-state index contributed by atoms with van der Waals surface area (Å²) in [5.41, 5.74) is 0.801. The summed E-state index contributed by atoms with van der Waals surface area (Å²) >= 11 is 0. The second kappa shape index (κ2) is 8.83. The van der Waals surface area contributed by atoms with E-state index in [0.717, 1.165) is 5.56 Å². The summed E-state index contributed by atoms with van der Waals surface area (Å²) in [5.74, 6) is -0.401. The summed E-state index contributed by atoms with van der Waals surface area (Å²) in [4.78, 5) is 36.6. The molecule has 0 atom stereocenters. The molecule has 0 radical (unpaired) electrons. The zero-order valence-electron chi connectivity index (χ0n) is 16.3. The molecule has 0 spiro atoms. The number of hydrogen-bond acceptors (Lipinski definition) is 6. The van der Waals surface area contributed by atoms with Crippen molar-refractivity contribution in [3.8, 4) is 0 Å². The van der Waals surface area contributed by atoms with Crippen molar-refractivity contribution in [3.05, 3.63) is 40.3 Å². The largest absolute Gasteiger partial charge is 0.465 e. The number of likely N-dealkylation sites (tertiary alicyclic amines) is 1. The van der Waals surface area contributed by atoms with Crippen LogP contribution in [0.1, 0.15) is 49.5 Å². The first-order chi connectivity index (χ1) is 12.7. The molecule has 1 aliphatic heterocycles. The highest BCUT2D eigenvalue weighted by molar-refractivity contribution is 5.89. The molecular formula is C19H27N3O5. The number of carbonyl (C=O) groups excluding carboxylic acids is 2. The Kier molecular flexibility index (Phi) is 6.76. The summed E-state index contributed by atoms with van der Waals surface area (Å²) < 4.78 is 10.1. The SMILES string of the molecule is COC(=O)c1ccc(CN(N=O)C2CCN(C(=O)OC(C)(C)C)CC2)cc1. The highest BCUT2D eigenvalue weighted by Crippen LogP contribution is 2.21. The first-order valence-electron chi connectivity index (χ1n) is 8.98. The number of carbonyl (C=O) groups is 2. The molecule has 1 aromatic carbocycles. The molecule has 0 aromatic heterocycles. The molecule has 1 amide bonds. The number of nitroso groups, excluding NO2 is 1. The molecule has 2 rings (SSSR count). The zero-order chi connectivity index (χ0) is 20.0. The Hall–Kier alpha value is -2.64. The van der Waals surface area contributed by atoms with Gasteiger partial charge in [-0.3, -0.25) is 5.01 Å². The van der Waals surface area contributed by atoms with Gasteiger partial charge in [0.15, 0.2) is 0 Å². The van der Waals surface area contributed by atoms with Crippen molar-refractivity contribution in [1.82, 2.24) is 9.91 Å². The number of methoxy groups -OCH3 is 1. The molecule has 148 valence electrons.